The number of nitrogens with one attached hydrogen (secondary N) is 1. The maximum absolute atomic E-state index is 11.0. The Morgan fingerprint density at radius 1 is 1.76 bits per heavy atom. The van der Waals surface area contributed by atoms with Gasteiger partial charge in [-0.2, -0.15) is 0 Å². The van der Waals surface area contributed by atoms with Gasteiger partial charge < -0.3 is 15.0 Å². The molecule has 5 nitrogen and oxygen atoms in total. The van der Waals surface area contributed by atoms with Crippen LogP contribution in [0.25, 0.3) is 0 Å². The highest BCUT2D eigenvalue weighted by Gasteiger charge is 2.30. The highest BCUT2D eigenvalue weighted by atomic mass is 16.4. The predicted octanol–water partition coefficient (Wildman–Crippen LogP) is 1.31. The molecule has 0 aromatic carbocycles. The van der Waals surface area contributed by atoms with Crippen molar-refractivity contribution < 1.29 is 9.90 Å². The Bertz CT molecular complexity index is 364. The number of imidazole rings is 1. The van der Waals surface area contributed by atoms with Crippen LogP contribution >= 0.6 is 0 Å². The number of carbonyl (C=O) groups is 1. The number of nitrogens with zero attached hydrogens (tertiary/aromatic N) is 2. The van der Waals surface area contributed by atoms with E-state index in [0.29, 0.717) is 5.92 Å². The van der Waals surface area contributed by atoms with Gasteiger partial charge in [-0.25, -0.2) is 4.98 Å². The second kappa shape index (κ2) is 5.31. The average Bonchev–Trinajstić information content (AvgIpc) is 2.79. The van der Waals surface area contributed by atoms with E-state index in [1.54, 1.807) is 12.4 Å². The first-order valence-electron chi connectivity index (χ1n) is 6.06. The molecule has 0 saturated carbocycles. The first-order chi connectivity index (χ1) is 8.16. The van der Waals surface area contributed by atoms with Gasteiger partial charge in [-0.05, 0) is 32.4 Å². The topological polar surface area (TPSA) is 69.2 Å². The van der Waals surface area contributed by atoms with E-state index < -0.39 is 5.97 Å². The summed E-state index contributed by atoms with van der Waals surface area (Å²) in [6.07, 6.45) is 5.83. The summed E-state index contributed by atoms with van der Waals surface area (Å²) in [4.78, 5) is 20.5. The number of aromatic amines is 1. The van der Waals surface area contributed by atoms with Crippen LogP contribution in [0.4, 0.5) is 0 Å². The molecule has 2 N–H and O–H groups in total. The number of hydrogen-bond donors (Lipinski definition) is 2. The maximum atomic E-state index is 11.0. The fourth-order valence-electron chi connectivity index (χ4n) is 2.69. The van der Waals surface area contributed by atoms with E-state index in [0.717, 1.165) is 31.8 Å². The van der Waals surface area contributed by atoms with Crippen LogP contribution in [0, 0.1) is 5.92 Å². The Labute approximate surface area is 101 Å². The van der Waals surface area contributed by atoms with Gasteiger partial charge in [0.25, 0.3) is 0 Å². The van der Waals surface area contributed by atoms with E-state index in [2.05, 4.69) is 21.9 Å². The Hall–Kier alpha value is -1.36. The van der Waals surface area contributed by atoms with Crippen LogP contribution in [0.1, 0.15) is 31.0 Å². The van der Waals surface area contributed by atoms with Crippen molar-refractivity contribution in [3.8, 4) is 0 Å². The molecule has 2 heterocycles. The zero-order chi connectivity index (χ0) is 12.3. The summed E-state index contributed by atoms with van der Waals surface area (Å²) in [6.45, 7) is 2.06. The number of rotatable bonds is 4. The molecule has 1 saturated heterocycles. The Kier molecular flexibility index (Phi) is 3.78. The van der Waals surface area contributed by atoms with Crippen molar-refractivity contribution in [2.75, 3.05) is 20.1 Å². The summed E-state index contributed by atoms with van der Waals surface area (Å²) in [6, 6.07) is 0. The van der Waals surface area contributed by atoms with Crippen molar-refractivity contribution in [2.45, 2.75) is 25.2 Å². The summed E-state index contributed by atoms with van der Waals surface area (Å²) < 4.78 is 0. The van der Waals surface area contributed by atoms with Crippen molar-refractivity contribution in [3.63, 3.8) is 0 Å². The third-order valence-electron chi connectivity index (χ3n) is 3.50. The number of H-pyrrole nitrogens is 1. The first-order valence-corrected chi connectivity index (χ1v) is 6.06. The van der Waals surface area contributed by atoms with Gasteiger partial charge in [-0.1, -0.05) is 0 Å². The lowest BCUT2D eigenvalue weighted by atomic mass is 9.83. The monoisotopic (exact) mass is 237 g/mol. The lowest BCUT2D eigenvalue weighted by Gasteiger charge is -2.33. The second-order valence-corrected chi connectivity index (χ2v) is 4.84. The quantitative estimate of drug-likeness (QED) is 0.828. The molecule has 0 aliphatic carbocycles. The Morgan fingerprint density at radius 2 is 2.59 bits per heavy atom. The van der Waals surface area contributed by atoms with Gasteiger partial charge in [0.15, 0.2) is 0 Å². The fraction of sp³-hybridized carbons (Fsp3) is 0.667. The van der Waals surface area contributed by atoms with Crippen LogP contribution in [0.5, 0.6) is 0 Å². The number of likely N-dealkylation sites (tertiary alicyclic amines) is 1. The minimum absolute atomic E-state index is 0.00486. The van der Waals surface area contributed by atoms with E-state index in [1.807, 2.05) is 0 Å². The van der Waals surface area contributed by atoms with E-state index in [1.165, 1.54) is 0 Å². The molecule has 94 valence electrons. The summed E-state index contributed by atoms with van der Waals surface area (Å²) in [5, 5.41) is 9.02. The number of carboxylic acids is 1. The molecule has 5 heteroatoms. The highest BCUT2D eigenvalue weighted by Crippen LogP contribution is 2.32. The summed E-state index contributed by atoms with van der Waals surface area (Å²) in [5.41, 5.74) is 0. The third kappa shape index (κ3) is 3.06. The normalized spacial score (nSPS) is 23.5. The smallest absolute Gasteiger partial charge is 0.304 e. The number of hydrogen-bond acceptors (Lipinski definition) is 3. The van der Waals surface area contributed by atoms with Crippen LogP contribution in [0.15, 0.2) is 12.4 Å². The molecule has 1 aliphatic rings. The molecule has 1 aliphatic heterocycles. The van der Waals surface area contributed by atoms with Gasteiger partial charge in [-0.3, -0.25) is 4.79 Å². The number of piperidine rings is 1. The van der Waals surface area contributed by atoms with Gasteiger partial charge in [0.2, 0.25) is 0 Å². The van der Waals surface area contributed by atoms with Crippen molar-refractivity contribution >= 4 is 5.97 Å². The predicted molar refractivity (Wildman–Crippen MR) is 63.8 cm³/mol. The Morgan fingerprint density at radius 3 is 3.18 bits per heavy atom. The molecule has 2 unspecified atom stereocenters. The first kappa shape index (κ1) is 12.1. The van der Waals surface area contributed by atoms with E-state index in [9.17, 15) is 4.79 Å². The van der Waals surface area contributed by atoms with Gasteiger partial charge >= 0.3 is 5.97 Å². The molecule has 0 spiro atoms. The molecule has 0 bridgehead atoms. The Balaban J connectivity index is 2.12. The number of aliphatic carboxylic acids is 1. The fourth-order valence-corrected chi connectivity index (χ4v) is 2.69. The average molecular weight is 237 g/mol. The van der Waals surface area contributed by atoms with Crippen molar-refractivity contribution in [1.82, 2.24) is 14.9 Å². The largest absolute Gasteiger partial charge is 0.481 e. The molecule has 1 aromatic rings. The summed E-state index contributed by atoms with van der Waals surface area (Å²) in [5.74, 6) is 0.452. The van der Waals surface area contributed by atoms with Crippen molar-refractivity contribution in [2.24, 2.45) is 5.92 Å². The molecule has 2 rings (SSSR count). The SMILES string of the molecule is CN1CCCC(C(CC(=O)O)c2ncc[nH]2)C1. The van der Waals surface area contributed by atoms with E-state index >= 15 is 0 Å². The second-order valence-electron chi connectivity index (χ2n) is 4.84. The van der Waals surface area contributed by atoms with Gasteiger partial charge in [0.1, 0.15) is 5.82 Å². The van der Waals surface area contributed by atoms with E-state index in [-0.39, 0.29) is 12.3 Å². The molecular weight excluding hydrogens is 218 g/mol. The van der Waals surface area contributed by atoms with Crippen LogP contribution in [0.3, 0.4) is 0 Å². The van der Waals surface area contributed by atoms with Crippen molar-refractivity contribution in [3.05, 3.63) is 18.2 Å². The van der Waals surface area contributed by atoms with E-state index in [4.69, 9.17) is 5.11 Å². The molecule has 17 heavy (non-hydrogen) atoms. The molecule has 0 radical (unpaired) electrons. The lowest BCUT2D eigenvalue weighted by Crippen LogP contribution is -2.36. The summed E-state index contributed by atoms with van der Waals surface area (Å²) >= 11 is 0. The molecule has 1 aromatic heterocycles. The zero-order valence-electron chi connectivity index (χ0n) is 10.1. The van der Waals surface area contributed by atoms with Gasteiger partial charge in [0.05, 0.1) is 6.42 Å². The van der Waals surface area contributed by atoms with Gasteiger partial charge in [-0.15, -0.1) is 0 Å². The van der Waals surface area contributed by atoms with Crippen LogP contribution in [-0.4, -0.2) is 46.1 Å². The minimum Gasteiger partial charge on any atom is -0.481 e. The summed E-state index contributed by atoms with van der Waals surface area (Å²) in [7, 11) is 2.09. The third-order valence-corrected chi connectivity index (χ3v) is 3.50. The molecule has 1 fully saturated rings. The zero-order valence-corrected chi connectivity index (χ0v) is 10.1. The molecule has 2 atom stereocenters. The van der Waals surface area contributed by atoms with Crippen LogP contribution < -0.4 is 0 Å². The molecular formula is C12H19N3O2. The standard InChI is InChI=1S/C12H19N3O2/c1-15-6-2-3-9(8-15)10(7-11(16)17)12-13-4-5-14-12/h4-5,9-10H,2-3,6-8H2,1H3,(H,13,14)(H,16,17). The highest BCUT2D eigenvalue weighted by molar-refractivity contribution is 5.67. The maximum Gasteiger partial charge on any atom is 0.304 e. The number of aromatic nitrogens is 2. The van der Waals surface area contributed by atoms with Gasteiger partial charge in [0, 0.05) is 24.9 Å². The lowest BCUT2D eigenvalue weighted by molar-refractivity contribution is -0.138. The van der Waals surface area contributed by atoms with Crippen LogP contribution in [-0.2, 0) is 4.79 Å². The minimum atomic E-state index is -0.750. The molecule has 0 amide bonds. The van der Waals surface area contributed by atoms with Crippen LogP contribution in [0.2, 0.25) is 0 Å². The number of carboxylic acid groups (broad SMARTS) is 1. The van der Waals surface area contributed by atoms with Crippen molar-refractivity contribution in [1.29, 1.82) is 0 Å².